The summed E-state index contributed by atoms with van der Waals surface area (Å²) in [4.78, 5) is 22.3. The minimum absolute atomic E-state index is 0.0694. The van der Waals surface area contributed by atoms with E-state index < -0.39 is 28.1 Å². The largest absolute Gasteiger partial charge is 0.490 e. The van der Waals surface area contributed by atoms with E-state index in [0.29, 0.717) is 5.69 Å². The highest BCUT2D eigenvalue weighted by atomic mass is 32.2. The van der Waals surface area contributed by atoms with Gasteiger partial charge in [0.1, 0.15) is 4.21 Å². The highest BCUT2D eigenvalue weighted by Gasteiger charge is 2.38. The molecule has 1 aromatic carbocycles. The smallest absolute Gasteiger partial charge is 0.478 e. The maximum atomic E-state index is 12.2. The summed E-state index contributed by atoms with van der Waals surface area (Å²) in [6.45, 7) is 2.80. The Labute approximate surface area is 181 Å². The van der Waals surface area contributed by atoms with E-state index in [9.17, 15) is 31.5 Å². The molecular weight excluding hydrogens is 461 g/mol. The SMILES string of the molecule is CCCCN(C)c1ccc(NS(=O)(=O)c2cccs2)cc1C(=O)O.O=C(O)C(F)(F)F. The minimum Gasteiger partial charge on any atom is -0.478 e. The van der Waals surface area contributed by atoms with Crippen molar-refractivity contribution in [3.05, 3.63) is 41.3 Å². The van der Waals surface area contributed by atoms with Gasteiger partial charge >= 0.3 is 18.1 Å². The molecule has 0 saturated carbocycles. The van der Waals surface area contributed by atoms with Crippen LogP contribution in [0.4, 0.5) is 24.5 Å². The number of sulfonamides is 1. The van der Waals surface area contributed by atoms with Crippen molar-refractivity contribution in [2.24, 2.45) is 0 Å². The van der Waals surface area contributed by atoms with Crippen molar-refractivity contribution in [3.63, 3.8) is 0 Å². The number of anilines is 2. The summed E-state index contributed by atoms with van der Waals surface area (Å²) in [5.74, 6) is -3.85. The average molecular weight is 483 g/mol. The van der Waals surface area contributed by atoms with Crippen LogP contribution in [0, 0.1) is 0 Å². The molecule has 3 N–H and O–H groups in total. The van der Waals surface area contributed by atoms with E-state index >= 15 is 0 Å². The van der Waals surface area contributed by atoms with Gasteiger partial charge in [-0.05, 0) is 36.1 Å². The molecule has 1 heterocycles. The number of carboxylic acid groups (broad SMARTS) is 2. The average Bonchev–Trinajstić information content (AvgIpc) is 3.21. The molecule has 0 aliphatic heterocycles. The predicted molar refractivity (Wildman–Crippen MR) is 110 cm³/mol. The molecule has 0 saturated heterocycles. The Kier molecular flexibility index (Phi) is 9.31. The first-order valence-electron chi connectivity index (χ1n) is 8.74. The third kappa shape index (κ3) is 8.09. The molecule has 0 aliphatic rings. The Hall–Kier alpha value is -2.80. The van der Waals surface area contributed by atoms with E-state index in [-0.39, 0.29) is 15.5 Å². The fraction of sp³-hybridized carbons (Fsp3) is 0.333. The van der Waals surface area contributed by atoms with E-state index in [1.54, 1.807) is 23.6 Å². The Morgan fingerprint density at radius 1 is 1.19 bits per heavy atom. The van der Waals surface area contributed by atoms with Crippen molar-refractivity contribution in [1.29, 1.82) is 0 Å². The normalized spacial score (nSPS) is 11.3. The number of rotatable bonds is 8. The van der Waals surface area contributed by atoms with Gasteiger partial charge < -0.3 is 15.1 Å². The first-order valence-corrected chi connectivity index (χ1v) is 11.1. The van der Waals surface area contributed by atoms with Crippen molar-refractivity contribution in [3.8, 4) is 0 Å². The molecule has 13 heteroatoms. The van der Waals surface area contributed by atoms with Gasteiger partial charge in [-0.15, -0.1) is 11.3 Å². The Balaban J connectivity index is 0.000000592. The molecule has 172 valence electrons. The Morgan fingerprint density at radius 2 is 1.81 bits per heavy atom. The lowest BCUT2D eigenvalue weighted by Gasteiger charge is -2.21. The molecule has 1 aromatic heterocycles. The molecule has 2 rings (SSSR count). The van der Waals surface area contributed by atoms with Gasteiger partial charge in [-0.3, -0.25) is 4.72 Å². The monoisotopic (exact) mass is 482 g/mol. The summed E-state index contributed by atoms with van der Waals surface area (Å²) in [6.07, 6.45) is -3.13. The van der Waals surface area contributed by atoms with E-state index in [0.717, 1.165) is 30.7 Å². The molecule has 0 fully saturated rings. The first kappa shape index (κ1) is 26.2. The van der Waals surface area contributed by atoms with E-state index in [1.807, 2.05) is 11.9 Å². The summed E-state index contributed by atoms with van der Waals surface area (Å²) in [7, 11) is -1.87. The summed E-state index contributed by atoms with van der Waals surface area (Å²) >= 11 is 1.10. The van der Waals surface area contributed by atoms with Gasteiger partial charge in [-0.25, -0.2) is 18.0 Å². The molecule has 0 aliphatic carbocycles. The van der Waals surface area contributed by atoms with Gasteiger partial charge in [-0.2, -0.15) is 13.2 Å². The summed E-state index contributed by atoms with van der Waals surface area (Å²) in [6, 6.07) is 7.71. The molecule has 0 amide bonds. The number of hydrogen-bond donors (Lipinski definition) is 3. The number of nitrogens with one attached hydrogen (secondary N) is 1. The van der Waals surface area contributed by atoms with E-state index in [2.05, 4.69) is 11.6 Å². The van der Waals surface area contributed by atoms with Crippen LogP contribution in [-0.4, -0.2) is 50.3 Å². The maximum Gasteiger partial charge on any atom is 0.490 e. The van der Waals surface area contributed by atoms with Crippen LogP contribution in [0.1, 0.15) is 30.1 Å². The van der Waals surface area contributed by atoms with Crippen LogP contribution in [-0.2, 0) is 14.8 Å². The second-order valence-electron chi connectivity index (χ2n) is 6.15. The maximum absolute atomic E-state index is 12.2. The summed E-state index contributed by atoms with van der Waals surface area (Å²) < 4.78 is 58.8. The minimum atomic E-state index is -5.08. The number of carboxylic acids is 2. The molecule has 0 atom stereocenters. The highest BCUT2D eigenvalue weighted by molar-refractivity contribution is 7.94. The zero-order valence-corrected chi connectivity index (χ0v) is 18.1. The number of hydrogen-bond acceptors (Lipinski definition) is 6. The van der Waals surface area contributed by atoms with Crippen LogP contribution in [0.2, 0.25) is 0 Å². The third-order valence-electron chi connectivity index (χ3n) is 3.74. The quantitative estimate of drug-likeness (QED) is 0.517. The van der Waals surface area contributed by atoms with Crippen molar-refractivity contribution >= 4 is 44.7 Å². The number of aromatic carboxylic acids is 1. The van der Waals surface area contributed by atoms with Gasteiger partial charge in [0, 0.05) is 19.3 Å². The van der Waals surface area contributed by atoms with Crippen molar-refractivity contribution in [1.82, 2.24) is 0 Å². The Morgan fingerprint density at radius 3 is 2.26 bits per heavy atom. The highest BCUT2D eigenvalue weighted by Crippen LogP contribution is 2.26. The number of alkyl halides is 3. The summed E-state index contributed by atoms with van der Waals surface area (Å²) in [5.41, 5.74) is 0.864. The topological polar surface area (TPSA) is 124 Å². The van der Waals surface area contributed by atoms with Crippen LogP contribution in [0.25, 0.3) is 0 Å². The first-order chi connectivity index (χ1) is 14.3. The van der Waals surface area contributed by atoms with Crippen LogP contribution in [0.5, 0.6) is 0 Å². The van der Waals surface area contributed by atoms with Crippen molar-refractivity contribution in [2.75, 3.05) is 23.2 Å². The van der Waals surface area contributed by atoms with Crippen molar-refractivity contribution < 1.29 is 41.4 Å². The zero-order chi connectivity index (χ0) is 23.8. The lowest BCUT2D eigenvalue weighted by Crippen LogP contribution is -2.21. The number of halogens is 3. The number of unbranched alkanes of at least 4 members (excludes halogenated alkanes) is 1. The molecule has 31 heavy (non-hydrogen) atoms. The molecule has 0 bridgehead atoms. The van der Waals surface area contributed by atoms with Crippen LogP contribution in [0.3, 0.4) is 0 Å². The third-order valence-corrected chi connectivity index (χ3v) is 6.52. The number of nitrogens with zero attached hydrogens (tertiary/aromatic N) is 1. The Bertz CT molecular complexity index is 992. The van der Waals surface area contributed by atoms with Gasteiger partial charge in [0.05, 0.1) is 11.3 Å². The second-order valence-corrected chi connectivity index (χ2v) is 9.01. The molecule has 2 aromatic rings. The fourth-order valence-electron chi connectivity index (χ4n) is 2.24. The van der Waals surface area contributed by atoms with Crippen LogP contribution >= 0.6 is 11.3 Å². The molecule has 0 unspecified atom stereocenters. The molecular formula is C18H21F3N2O6S2. The standard InChI is InChI=1S/C16H20N2O4S2.C2HF3O2/c1-3-4-9-18(2)14-8-7-12(11-13(14)16(19)20)17-24(21,22)15-6-5-10-23-15;3-2(4,5)1(6)7/h5-8,10-11,17H,3-4,9H2,1-2H3,(H,19,20);(H,6,7). The number of carbonyl (C=O) groups is 2. The van der Waals surface area contributed by atoms with Gasteiger partial charge in [0.2, 0.25) is 0 Å². The van der Waals surface area contributed by atoms with E-state index in [1.165, 1.54) is 12.1 Å². The summed E-state index contributed by atoms with van der Waals surface area (Å²) in [5, 5.41) is 18.2. The zero-order valence-electron chi connectivity index (χ0n) is 16.5. The van der Waals surface area contributed by atoms with Crippen LogP contribution < -0.4 is 9.62 Å². The lowest BCUT2D eigenvalue weighted by atomic mass is 10.1. The number of aliphatic carboxylic acids is 1. The van der Waals surface area contributed by atoms with Gasteiger partial charge in [-0.1, -0.05) is 19.4 Å². The number of thiophene rings is 1. The van der Waals surface area contributed by atoms with Crippen molar-refractivity contribution in [2.45, 2.75) is 30.2 Å². The lowest BCUT2D eigenvalue weighted by molar-refractivity contribution is -0.192. The van der Waals surface area contributed by atoms with Crippen LogP contribution in [0.15, 0.2) is 39.9 Å². The molecule has 0 spiro atoms. The van der Waals surface area contributed by atoms with E-state index in [4.69, 9.17) is 9.90 Å². The fourth-order valence-corrected chi connectivity index (χ4v) is 4.28. The second kappa shape index (κ2) is 11.0. The molecule has 8 nitrogen and oxygen atoms in total. The predicted octanol–water partition coefficient (Wildman–Crippen LogP) is 4.12. The van der Waals surface area contributed by atoms with Gasteiger partial charge in [0.25, 0.3) is 10.0 Å². The molecule has 0 radical (unpaired) electrons. The number of benzene rings is 1. The van der Waals surface area contributed by atoms with Gasteiger partial charge in [0.15, 0.2) is 0 Å².